The number of benzene rings is 1. The molecule has 32 heavy (non-hydrogen) atoms. The molecule has 0 fully saturated rings. The van der Waals surface area contributed by atoms with Gasteiger partial charge in [0.15, 0.2) is 11.4 Å². The number of anilines is 1. The number of hydrogen-bond acceptors (Lipinski definition) is 6. The lowest BCUT2D eigenvalue weighted by atomic mass is 10.0. The van der Waals surface area contributed by atoms with Gasteiger partial charge in [0.05, 0.1) is 12.9 Å². The van der Waals surface area contributed by atoms with E-state index < -0.39 is 17.3 Å². The summed E-state index contributed by atoms with van der Waals surface area (Å²) in [5.74, 6) is 0.971. The first-order valence-corrected chi connectivity index (χ1v) is 10.6. The molecule has 0 saturated carbocycles. The predicted molar refractivity (Wildman–Crippen MR) is 124 cm³/mol. The number of rotatable bonds is 6. The Labute approximate surface area is 189 Å². The number of ether oxygens (including phenoxy) is 2. The van der Waals surface area contributed by atoms with Crippen molar-refractivity contribution in [2.75, 3.05) is 11.9 Å². The zero-order chi connectivity index (χ0) is 23.9. The molecule has 7 nitrogen and oxygen atoms in total. The maximum atomic E-state index is 12.7. The van der Waals surface area contributed by atoms with Crippen LogP contribution < -0.4 is 15.7 Å². The lowest BCUT2D eigenvalue weighted by Gasteiger charge is -2.19. The maximum absolute atomic E-state index is 12.7. The lowest BCUT2D eigenvalue weighted by molar-refractivity contribution is 0.0635. The van der Waals surface area contributed by atoms with Gasteiger partial charge >= 0.3 is 11.7 Å². The van der Waals surface area contributed by atoms with Crippen LogP contribution in [0, 0.1) is 19.8 Å². The van der Waals surface area contributed by atoms with Crippen LogP contribution in [0.25, 0.3) is 0 Å². The highest BCUT2D eigenvalue weighted by Gasteiger charge is 2.18. The van der Waals surface area contributed by atoms with E-state index in [2.05, 4.69) is 5.32 Å². The van der Waals surface area contributed by atoms with Crippen molar-refractivity contribution in [1.82, 2.24) is 0 Å². The maximum Gasteiger partial charge on any atom is 0.412 e. The summed E-state index contributed by atoms with van der Waals surface area (Å²) >= 11 is 0. The Morgan fingerprint density at radius 1 is 1.09 bits per heavy atom. The van der Waals surface area contributed by atoms with Crippen LogP contribution in [0.5, 0.6) is 5.75 Å². The summed E-state index contributed by atoms with van der Waals surface area (Å²) in [5.41, 5.74) is 1.22. The summed E-state index contributed by atoms with van der Waals surface area (Å²) in [4.78, 5) is 24.8. The topological polar surface area (TPSA) is 90.9 Å². The summed E-state index contributed by atoms with van der Waals surface area (Å²) in [5, 5.41) is 2.38. The molecule has 0 saturated heterocycles. The van der Waals surface area contributed by atoms with Crippen molar-refractivity contribution in [1.29, 1.82) is 0 Å². The van der Waals surface area contributed by atoms with Crippen molar-refractivity contribution in [2.24, 2.45) is 5.92 Å². The van der Waals surface area contributed by atoms with Crippen LogP contribution in [0.2, 0.25) is 0 Å². The third-order valence-corrected chi connectivity index (χ3v) is 4.19. The van der Waals surface area contributed by atoms with E-state index in [1.165, 1.54) is 6.26 Å². The molecule has 0 atom stereocenters. The fraction of sp³-hybridized carbons (Fsp3) is 0.440. The number of carbonyl (C=O) groups is 1. The second kappa shape index (κ2) is 10.9. The summed E-state index contributed by atoms with van der Waals surface area (Å²) in [6.07, 6.45) is 2.34. The highest BCUT2D eigenvalue weighted by Crippen LogP contribution is 2.25. The molecule has 1 N–H and O–H groups in total. The molecule has 2 rings (SSSR count). The molecular weight excluding hydrogens is 410 g/mol. The van der Waals surface area contributed by atoms with Gasteiger partial charge in [-0.25, -0.2) is 9.59 Å². The number of hydrogen-bond donors (Lipinski definition) is 1. The first-order valence-electron chi connectivity index (χ1n) is 10.6. The Kier molecular flexibility index (Phi) is 8.52. The van der Waals surface area contributed by atoms with Crippen molar-refractivity contribution in [3.8, 4) is 5.75 Å². The normalized spacial score (nSPS) is 11.1. The predicted octanol–water partition coefficient (Wildman–Crippen LogP) is 5.95. The monoisotopic (exact) mass is 443 g/mol. The van der Waals surface area contributed by atoms with Gasteiger partial charge < -0.3 is 18.3 Å². The Morgan fingerprint density at radius 3 is 2.34 bits per heavy atom. The van der Waals surface area contributed by atoms with Gasteiger partial charge in [-0.3, -0.25) is 5.32 Å². The Morgan fingerprint density at radius 2 is 1.75 bits per heavy atom. The lowest BCUT2D eigenvalue weighted by Crippen LogP contribution is -2.28. The average molecular weight is 444 g/mol. The highest BCUT2D eigenvalue weighted by atomic mass is 16.6. The number of aryl methyl sites for hydroxylation is 2. The summed E-state index contributed by atoms with van der Waals surface area (Å²) in [7, 11) is 0. The number of nitrogens with one attached hydrogen (secondary N) is 1. The minimum absolute atomic E-state index is 0.186. The number of amides is 1. The highest BCUT2D eigenvalue weighted by molar-refractivity contribution is 5.84. The van der Waals surface area contributed by atoms with Gasteiger partial charge in [-0.1, -0.05) is 43.7 Å². The fourth-order valence-corrected chi connectivity index (χ4v) is 2.74. The van der Waals surface area contributed by atoms with Crippen LogP contribution in [0.15, 0.2) is 50.4 Å². The van der Waals surface area contributed by atoms with E-state index in [9.17, 15) is 9.59 Å². The Balaban J connectivity index is 2.53. The Bertz CT molecular complexity index is 1020. The SMILES string of the molecule is Cc1ccc(Cc2cocc(NC(=O)OC(C)(C)C)c(=O)oc(C)c2OCC(C)C)cc1. The van der Waals surface area contributed by atoms with Crippen LogP contribution in [-0.4, -0.2) is 18.3 Å². The van der Waals surface area contributed by atoms with Gasteiger partial charge in [0, 0.05) is 12.0 Å². The largest absolute Gasteiger partial charge is 0.489 e. The van der Waals surface area contributed by atoms with Gasteiger partial charge in [0.2, 0.25) is 0 Å². The zero-order valence-corrected chi connectivity index (χ0v) is 19.9. The smallest absolute Gasteiger partial charge is 0.412 e. The standard InChI is InChI=1S/C25H33NO6/c1-16(2)13-30-22-18(4)31-23(27)21(26-24(28)32-25(5,6)7)15-29-14-20(22)12-19-10-8-17(3)9-11-19/h8-11,14-16H,12-13H2,1-7H3,(H,26,28). The summed E-state index contributed by atoms with van der Waals surface area (Å²) < 4.78 is 22.3. The molecule has 0 aliphatic carbocycles. The van der Waals surface area contributed by atoms with Crippen LogP contribution in [-0.2, 0) is 11.2 Å². The van der Waals surface area contributed by atoms with E-state index in [1.807, 2.05) is 45.0 Å². The molecule has 0 radical (unpaired) electrons. The molecule has 0 bridgehead atoms. The third-order valence-electron chi connectivity index (χ3n) is 4.19. The number of carbonyl (C=O) groups excluding carboxylic acids is 1. The average Bonchev–Trinajstić information content (AvgIpc) is 2.71. The van der Waals surface area contributed by atoms with E-state index in [0.29, 0.717) is 24.3 Å². The van der Waals surface area contributed by atoms with Crippen molar-refractivity contribution in [3.63, 3.8) is 0 Å². The molecule has 1 amide bonds. The quantitative estimate of drug-likeness (QED) is 0.593. The molecule has 7 heteroatoms. The van der Waals surface area contributed by atoms with E-state index in [1.54, 1.807) is 27.7 Å². The minimum atomic E-state index is -0.788. The third kappa shape index (κ3) is 8.13. The van der Waals surface area contributed by atoms with E-state index in [0.717, 1.165) is 17.4 Å². The summed E-state index contributed by atoms with van der Waals surface area (Å²) in [6.45, 7) is 13.3. The van der Waals surface area contributed by atoms with Crippen LogP contribution in [0.4, 0.5) is 10.5 Å². The van der Waals surface area contributed by atoms with Crippen molar-refractivity contribution in [3.05, 3.63) is 69.7 Å². The molecular formula is C25H33NO6. The van der Waals surface area contributed by atoms with Gasteiger partial charge in [-0.15, -0.1) is 0 Å². The first kappa shape index (κ1) is 25.0. The second-order valence-electron chi connectivity index (χ2n) is 9.08. The van der Waals surface area contributed by atoms with Crippen LogP contribution >= 0.6 is 0 Å². The molecule has 0 spiro atoms. The fourth-order valence-electron chi connectivity index (χ4n) is 2.74. The van der Waals surface area contributed by atoms with Crippen LogP contribution in [0.1, 0.15) is 57.1 Å². The minimum Gasteiger partial charge on any atom is -0.489 e. The van der Waals surface area contributed by atoms with Crippen LogP contribution in [0.3, 0.4) is 0 Å². The second-order valence-corrected chi connectivity index (χ2v) is 9.08. The van der Waals surface area contributed by atoms with Crippen molar-refractivity contribution in [2.45, 2.75) is 60.5 Å². The van der Waals surface area contributed by atoms with E-state index >= 15 is 0 Å². The Hall–Kier alpha value is -3.22. The van der Waals surface area contributed by atoms with E-state index in [4.69, 9.17) is 18.3 Å². The first-order chi connectivity index (χ1) is 14.9. The molecule has 0 aliphatic rings. The summed E-state index contributed by atoms with van der Waals surface area (Å²) in [6, 6.07) is 8.10. The molecule has 174 valence electrons. The molecule has 0 unspecified atom stereocenters. The molecule has 0 aliphatic heterocycles. The van der Waals surface area contributed by atoms with Gasteiger partial charge in [-0.05, 0) is 46.1 Å². The molecule has 1 aromatic heterocycles. The van der Waals surface area contributed by atoms with Gasteiger partial charge in [-0.2, -0.15) is 0 Å². The zero-order valence-electron chi connectivity index (χ0n) is 19.9. The van der Waals surface area contributed by atoms with Gasteiger partial charge in [0.1, 0.15) is 17.6 Å². The van der Waals surface area contributed by atoms with Crippen molar-refractivity contribution < 1.29 is 23.1 Å². The molecule has 2 aromatic rings. The molecule has 1 aromatic carbocycles. The molecule has 1 heterocycles. The van der Waals surface area contributed by atoms with Gasteiger partial charge in [0.25, 0.3) is 0 Å². The van der Waals surface area contributed by atoms with E-state index in [-0.39, 0.29) is 17.4 Å². The van der Waals surface area contributed by atoms with Crippen molar-refractivity contribution >= 4 is 11.8 Å².